The van der Waals surface area contributed by atoms with Crippen LogP contribution in [0.15, 0.2) is 66.7 Å². The Hall–Kier alpha value is -4.02. The number of ether oxygens (including phenoxy) is 2. The van der Waals surface area contributed by atoms with Crippen molar-refractivity contribution in [1.82, 2.24) is 15.1 Å². The summed E-state index contributed by atoms with van der Waals surface area (Å²) < 4.78 is 26.3. The standard InChI is InChI=1S/C32H30ClFN4O4S/c1-32(2,3)30-28-29(20-10-13-24-25(14-20)42-18-41-24)43-17-27(40)37(16-26(39)35-15-19-8-11-21(34)12-9-19)31(28)38(36-30)23-7-5-4-6-22(23)33/h4-14,29H,15-18H2,1-3H3,(H,35,39)/t29-/m0/s1. The summed E-state index contributed by atoms with van der Waals surface area (Å²) in [5, 5.41) is 8.10. The number of carbonyl (C=O) groups is 2. The molecule has 222 valence electrons. The van der Waals surface area contributed by atoms with Crippen LogP contribution in [0.2, 0.25) is 5.02 Å². The lowest BCUT2D eigenvalue weighted by molar-refractivity contribution is -0.123. The molecule has 0 spiro atoms. The van der Waals surface area contributed by atoms with E-state index >= 15 is 0 Å². The first-order valence-electron chi connectivity index (χ1n) is 13.8. The number of halogens is 2. The first-order valence-corrected chi connectivity index (χ1v) is 15.2. The largest absolute Gasteiger partial charge is 0.454 e. The van der Waals surface area contributed by atoms with Crippen molar-refractivity contribution in [3.05, 3.63) is 100.0 Å². The van der Waals surface area contributed by atoms with Crippen LogP contribution in [-0.4, -0.2) is 40.7 Å². The summed E-state index contributed by atoms with van der Waals surface area (Å²) in [6.07, 6.45) is 0. The predicted molar refractivity (Wildman–Crippen MR) is 165 cm³/mol. The molecule has 6 rings (SSSR count). The maximum absolute atomic E-state index is 13.9. The molecule has 0 saturated carbocycles. The Labute approximate surface area is 258 Å². The maximum atomic E-state index is 13.9. The third kappa shape index (κ3) is 5.81. The van der Waals surface area contributed by atoms with Crippen LogP contribution < -0.4 is 19.7 Å². The van der Waals surface area contributed by atoms with Crippen molar-refractivity contribution in [3.63, 3.8) is 0 Å². The van der Waals surface area contributed by atoms with Gasteiger partial charge >= 0.3 is 0 Å². The molecule has 1 atom stereocenters. The van der Waals surface area contributed by atoms with Crippen LogP contribution >= 0.6 is 23.4 Å². The third-order valence-corrected chi connectivity index (χ3v) is 8.86. The van der Waals surface area contributed by atoms with Gasteiger partial charge in [0.25, 0.3) is 0 Å². The van der Waals surface area contributed by atoms with Gasteiger partial charge in [-0.25, -0.2) is 9.07 Å². The summed E-state index contributed by atoms with van der Waals surface area (Å²) >= 11 is 8.17. The van der Waals surface area contributed by atoms with E-state index in [-0.39, 0.29) is 48.5 Å². The Bertz CT molecular complexity index is 1700. The number of para-hydroxylation sites is 1. The maximum Gasteiger partial charge on any atom is 0.240 e. The Kier molecular flexibility index (Phi) is 7.83. The Balaban J connectivity index is 1.47. The second-order valence-corrected chi connectivity index (χ2v) is 12.9. The Morgan fingerprint density at radius 3 is 2.58 bits per heavy atom. The first kappa shape index (κ1) is 29.1. The highest BCUT2D eigenvalue weighted by atomic mass is 35.5. The van der Waals surface area contributed by atoms with E-state index < -0.39 is 5.41 Å². The van der Waals surface area contributed by atoms with E-state index in [1.54, 1.807) is 22.9 Å². The van der Waals surface area contributed by atoms with E-state index in [1.165, 1.54) is 28.8 Å². The van der Waals surface area contributed by atoms with E-state index in [1.807, 2.05) is 36.4 Å². The molecule has 2 aliphatic heterocycles. The number of aromatic nitrogens is 2. The van der Waals surface area contributed by atoms with E-state index in [2.05, 4.69) is 26.1 Å². The molecule has 0 fully saturated rings. The number of carbonyl (C=O) groups excluding carboxylic acids is 2. The number of nitrogens with one attached hydrogen (secondary N) is 1. The molecule has 0 bridgehead atoms. The van der Waals surface area contributed by atoms with Crippen molar-refractivity contribution in [3.8, 4) is 17.2 Å². The van der Waals surface area contributed by atoms with Crippen LogP contribution in [-0.2, 0) is 21.5 Å². The van der Waals surface area contributed by atoms with E-state index in [0.717, 1.165) is 22.4 Å². The molecule has 8 nitrogen and oxygen atoms in total. The number of nitrogens with zero attached hydrogens (tertiary/aromatic N) is 3. The molecule has 1 N–H and O–H groups in total. The number of anilines is 1. The fourth-order valence-corrected chi connectivity index (χ4v) is 6.61. The van der Waals surface area contributed by atoms with Crippen molar-refractivity contribution in [1.29, 1.82) is 0 Å². The Morgan fingerprint density at radius 1 is 1.09 bits per heavy atom. The van der Waals surface area contributed by atoms with Gasteiger partial charge < -0.3 is 14.8 Å². The molecule has 3 aromatic carbocycles. The van der Waals surface area contributed by atoms with Crippen molar-refractivity contribution in [2.45, 2.75) is 38.0 Å². The molecule has 2 aliphatic rings. The summed E-state index contributed by atoms with van der Waals surface area (Å²) in [5.41, 5.74) is 3.45. The molecular formula is C32H30ClFN4O4S. The predicted octanol–water partition coefficient (Wildman–Crippen LogP) is 6.18. The third-order valence-electron chi connectivity index (χ3n) is 7.28. The van der Waals surface area contributed by atoms with Gasteiger partial charge in [-0.15, -0.1) is 11.8 Å². The molecule has 0 aliphatic carbocycles. The monoisotopic (exact) mass is 620 g/mol. The lowest BCUT2D eigenvalue weighted by atomic mass is 9.87. The number of fused-ring (bicyclic) bond motifs is 2. The molecule has 43 heavy (non-hydrogen) atoms. The molecule has 4 aromatic rings. The van der Waals surface area contributed by atoms with Gasteiger partial charge in [0.15, 0.2) is 11.5 Å². The smallest absolute Gasteiger partial charge is 0.240 e. The summed E-state index contributed by atoms with van der Waals surface area (Å²) in [5.74, 6) is 0.983. The van der Waals surface area contributed by atoms with E-state index in [9.17, 15) is 14.0 Å². The number of benzene rings is 3. The van der Waals surface area contributed by atoms with Crippen LogP contribution in [0.3, 0.4) is 0 Å². The topological polar surface area (TPSA) is 85.7 Å². The minimum absolute atomic E-state index is 0.130. The minimum atomic E-state index is -0.421. The minimum Gasteiger partial charge on any atom is -0.454 e. The quantitative estimate of drug-likeness (QED) is 0.277. The summed E-state index contributed by atoms with van der Waals surface area (Å²) in [6, 6.07) is 19.0. The first-order chi connectivity index (χ1) is 20.6. The van der Waals surface area contributed by atoms with Crippen LogP contribution in [0.1, 0.15) is 48.4 Å². The molecule has 11 heteroatoms. The molecule has 3 heterocycles. The fourth-order valence-electron chi connectivity index (χ4n) is 5.21. The van der Waals surface area contributed by atoms with Crippen molar-refractivity contribution < 1.29 is 23.5 Å². The van der Waals surface area contributed by atoms with Gasteiger partial charge in [-0.05, 0) is 47.5 Å². The average molecular weight is 621 g/mol. The van der Waals surface area contributed by atoms with Gasteiger partial charge in [0.1, 0.15) is 18.2 Å². The lowest BCUT2D eigenvalue weighted by Gasteiger charge is -2.24. The van der Waals surface area contributed by atoms with Gasteiger partial charge in [0, 0.05) is 17.5 Å². The molecular weight excluding hydrogens is 591 g/mol. The lowest BCUT2D eigenvalue weighted by Crippen LogP contribution is -2.42. The van der Waals surface area contributed by atoms with Gasteiger partial charge in [0.2, 0.25) is 18.6 Å². The van der Waals surface area contributed by atoms with Crippen LogP contribution in [0.4, 0.5) is 10.2 Å². The van der Waals surface area contributed by atoms with Crippen LogP contribution in [0, 0.1) is 5.82 Å². The molecule has 2 amide bonds. The highest BCUT2D eigenvalue weighted by molar-refractivity contribution is 8.00. The highest BCUT2D eigenvalue weighted by Crippen LogP contribution is 2.50. The number of thioether (sulfide) groups is 1. The zero-order valence-electron chi connectivity index (χ0n) is 23.9. The summed E-state index contributed by atoms with van der Waals surface area (Å²) in [4.78, 5) is 28.7. The number of hydrogen-bond acceptors (Lipinski definition) is 6. The van der Waals surface area contributed by atoms with E-state index in [4.69, 9.17) is 26.2 Å². The van der Waals surface area contributed by atoms with Gasteiger partial charge in [0.05, 0.1) is 27.4 Å². The SMILES string of the molecule is CC(C)(C)c1nn(-c2ccccc2Cl)c2c1[C@H](c1ccc3c(c1)OCO3)SCC(=O)N2CC(=O)NCc1ccc(F)cc1. The van der Waals surface area contributed by atoms with E-state index in [0.29, 0.717) is 28.0 Å². The van der Waals surface area contributed by atoms with Crippen molar-refractivity contribution in [2.24, 2.45) is 0 Å². The van der Waals surface area contributed by atoms with Crippen LogP contribution in [0.5, 0.6) is 11.5 Å². The van der Waals surface area contributed by atoms with Crippen molar-refractivity contribution >= 4 is 41.0 Å². The fraction of sp³-hybridized carbons (Fsp3) is 0.281. The summed E-state index contributed by atoms with van der Waals surface area (Å²) in [6.45, 7) is 6.32. The zero-order valence-corrected chi connectivity index (χ0v) is 25.5. The zero-order chi connectivity index (χ0) is 30.3. The number of amides is 2. The molecule has 1 aromatic heterocycles. The second kappa shape index (κ2) is 11.6. The molecule has 0 unspecified atom stereocenters. The molecule has 0 saturated heterocycles. The highest BCUT2D eigenvalue weighted by Gasteiger charge is 2.40. The van der Waals surface area contributed by atoms with Gasteiger partial charge in [-0.1, -0.05) is 62.7 Å². The number of hydrogen-bond donors (Lipinski definition) is 1. The van der Waals surface area contributed by atoms with Gasteiger partial charge in [-0.2, -0.15) is 5.10 Å². The average Bonchev–Trinajstić information content (AvgIpc) is 3.58. The Morgan fingerprint density at radius 2 is 1.84 bits per heavy atom. The van der Waals surface area contributed by atoms with Crippen LogP contribution in [0.25, 0.3) is 5.69 Å². The van der Waals surface area contributed by atoms with Crippen molar-refractivity contribution in [2.75, 3.05) is 24.0 Å². The second-order valence-electron chi connectivity index (χ2n) is 11.4. The number of rotatable bonds is 6. The summed E-state index contributed by atoms with van der Waals surface area (Å²) in [7, 11) is 0. The molecule has 0 radical (unpaired) electrons. The van der Waals surface area contributed by atoms with Gasteiger partial charge in [-0.3, -0.25) is 14.5 Å². The normalized spacial score (nSPS) is 16.2.